The lowest BCUT2D eigenvalue weighted by Gasteiger charge is -2.23. The Morgan fingerprint density at radius 2 is 0.667 bits per heavy atom. The number of unbranched alkanes of at least 4 members (excludes halogenated alkanes) is 28. The summed E-state index contributed by atoms with van der Waals surface area (Å²) >= 11 is 4.57. The first kappa shape index (κ1) is 45.4. The normalized spacial score (nSPS) is 12.5. The maximum Gasteiger partial charge on any atom is 0.484 e. The SMILES string of the molecule is CCCCCCCCCCCCCC(CCS)O[SiH](OCCCCCCCCCCCC)OCCCCCCCCCCCC. The second kappa shape index (κ2) is 40.6. The Hall–Kier alpha value is 0.447. The van der Waals surface area contributed by atoms with Gasteiger partial charge in [0.2, 0.25) is 0 Å². The lowest BCUT2D eigenvalue weighted by molar-refractivity contribution is 0.0495. The molecular formula is C40H84O3SSi. The molecule has 0 saturated heterocycles. The molecule has 0 heterocycles. The third-order valence-electron chi connectivity index (χ3n) is 9.39. The molecular weight excluding hydrogens is 589 g/mol. The van der Waals surface area contributed by atoms with Crippen LogP contribution < -0.4 is 0 Å². The second-order valence-electron chi connectivity index (χ2n) is 14.0. The Bertz CT molecular complexity index is 498. The number of rotatable bonds is 40. The van der Waals surface area contributed by atoms with Crippen LogP contribution in [0.5, 0.6) is 0 Å². The summed E-state index contributed by atoms with van der Waals surface area (Å²) in [5, 5.41) is 0. The van der Waals surface area contributed by atoms with E-state index in [2.05, 4.69) is 33.4 Å². The van der Waals surface area contributed by atoms with Crippen LogP contribution in [-0.2, 0) is 13.3 Å². The first-order chi connectivity index (χ1) is 22.3. The maximum absolute atomic E-state index is 6.61. The van der Waals surface area contributed by atoms with E-state index in [0.29, 0.717) is 0 Å². The molecule has 45 heavy (non-hydrogen) atoms. The molecule has 272 valence electrons. The minimum atomic E-state index is -2.11. The molecule has 0 amide bonds. The summed E-state index contributed by atoms with van der Waals surface area (Å²) < 4.78 is 19.3. The van der Waals surface area contributed by atoms with Crippen LogP contribution in [0.2, 0.25) is 0 Å². The first-order valence-corrected chi connectivity index (χ1v) is 22.8. The van der Waals surface area contributed by atoms with Crippen molar-refractivity contribution in [1.29, 1.82) is 0 Å². The Kier molecular flexibility index (Phi) is 41.0. The van der Waals surface area contributed by atoms with Gasteiger partial charge in [-0.15, -0.1) is 0 Å². The van der Waals surface area contributed by atoms with Gasteiger partial charge in [-0.25, -0.2) is 0 Å². The number of thiol groups is 1. The first-order valence-electron chi connectivity index (χ1n) is 20.8. The molecule has 1 unspecified atom stereocenters. The maximum atomic E-state index is 6.61. The van der Waals surface area contributed by atoms with Crippen molar-refractivity contribution < 1.29 is 13.3 Å². The van der Waals surface area contributed by atoms with E-state index < -0.39 is 9.53 Å². The van der Waals surface area contributed by atoms with Crippen molar-refractivity contribution in [3.63, 3.8) is 0 Å². The van der Waals surface area contributed by atoms with Crippen LogP contribution >= 0.6 is 12.6 Å². The van der Waals surface area contributed by atoms with Gasteiger partial charge in [0.05, 0.1) is 0 Å². The summed E-state index contributed by atoms with van der Waals surface area (Å²) in [6.07, 6.45) is 44.7. The van der Waals surface area contributed by atoms with E-state index >= 15 is 0 Å². The zero-order chi connectivity index (χ0) is 32.7. The fraction of sp³-hybridized carbons (Fsp3) is 1.00. The van der Waals surface area contributed by atoms with Crippen molar-refractivity contribution in [3.8, 4) is 0 Å². The van der Waals surface area contributed by atoms with Crippen LogP contribution in [0, 0.1) is 0 Å². The molecule has 0 bridgehead atoms. The van der Waals surface area contributed by atoms with Gasteiger partial charge in [0.25, 0.3) is 0 Å². The summed E-state index contributed by atoms with van der Waals surface area (Å²) in [6, 6.07) is 0. The van der Waals surface area contributed by atoms with E-state index in [-0.39, 0.29) is 6.10 Å². The van der Waals surface area contributed by atoms with Crippen molar-refractivity contribution in [2.24, 2.45) is 0 Å². The lowest BCUT2D eigenvalue weighted by Crippen LogP contribution is -2.33. The van der Waals surface area contributed by atoms with E-state index in [4.69, 9.17) is 13.3 Å². The van der Waals surface area contributed by atoms with E-state index in [9.17, 15) is 0 Å². The van der Waals surface area contributed by atoms with Gasteiger partial charge in [-0.05, 0) is 31.4 Å². The summed E-state index contributed by atoms with van der Waals surface area (Å²) in [6.45, 7) is 8.49. The van der Waals surface area contributed by atoms with Crippen LogP contribution in [0.4, 0.5) is 0 Å². The van der Waals surface area contributed by atoms with Crippen molar-refractivity contribution in [2.45, 2.75) is 239 Å². The summed E-state index contributed by atoms with van der Waals surface area (Å²) in [4.78, 5) is 0. The fourth-order valence-electron chi connectivity index (χ4n) is 6.28. The van der Waals surface area contributed by atoms with Crippen LogP contribution in [-0.4, -0.2) is 34.6 Å². The van der Waals surface area contributed by atoms with Crippen LogP contribution in [0.3, 0.4) is 0 Å². The predicted octanol–water partition coefficient (Wildman–Crippen LogP) is 14.0. The van der Waals surface area contributed by atoms with Crippen LogP contribution in [0.15, 0.2) is 0 Å². The van der Waals surface area contributed by atoms with Gasteiger partial charge in [0.1, 0.15) is 0 Å². The quantitative estimate of drug-likeness (QED) is 0.0399. The van der Waals surface area contributed by atoms with E-state index in [1.54, 1.807) is 0 Å². The van der Waals surface area contributed by atoms with Crippen molar-refractivity contribution in [3.05, 3.63) is 0 Å². The molecule has 0 aromatic rings. The van der Waals surface area contributed by atoms with E-state index in [1.807, 2.05) is 0 Å². The molecule has 0 radical (unpaired) electrons. The molecule has 1 atom stereocenters. The molecule has 0 spiro atoms. The second-order valence-corrected chi connectivity index (χ2v) is 16.0. The average molecular weight is 673 g/mol. The minimum Gasteiger partial charge on any atom is -0.376 e. The number of hydrogen-bond acceptors (Lipinski definition) is 4. The molecule has 0 aliphatic carbocycles. The molecule has 0 aromatic carbocycles. The highest BCUT2D eigenvalue weighted by molar-refractivity contribution is 7.80. The van der Waals surface area contributed by atoms with E-state index in [1.165, 1.54) is 186 Å². The van der Waals surface area contributed by atoms with Crippen LogP contribution in [0.25, 0.3) is 0 Å². The topological polar surface area (TPSA) is 27.7 Å². The van der Waals surface area contributed by atoms with E-state index in [0.717, 1.165) is 44.6 Å². The molecule has 0 rings (SSSR count). The predicted molar refractivity (Wildman–Crippen MR) is 207 cm³/mol. The van der Waals surface area contributed by atoms with Gasteiger partial charge in [-0.1, -0.05) is 207 Å². The van der Waals surface area contributed by atoms with Gasteiger partial charge >= 0.3 is 9.53 Å². The molecule has 0 N–H and O–H groups in total. The number of hydrogen-bond donors (Lipinski definition) is 1. The van der Waals surface area contributed by atoms with Crippen molar-refractivity contribution in [1.82, 2.24) is 0 Å². The standard InChI is InChI=1S/C40H84O3SSi/c1-4-7-10-13-16-19-22-23-26-29-32-35-40(36-39-44)43-45(41-37-33-30-27-24-20-17-14-11-8-5-2)42-38-34-31-28-25-21-18-15-12-9-6-3/h40,44-45H,4-39H2,1-3H3. The Morgan fingerprint density at radius 3 is 0.978 bits per heavy atom. The Balaban J connectivity index is 4.29. The van der Waals surface area contributed by atoms with Gasteiger partial charge in [0, 0.05) is 19.3 Å². The molecule has 5 heteroatoms. The van der Waals surface area contributed by atoms with Crippen molar-refractivity contribution in [2.75, 3.05) is 19.0 Å². The Morgan fingerprint density at radius 1 is 0.378 bits per heavy atom. The zero-order valence-electron chi connectivity index (χ0n) is 31.3. The monoisotopic (exact) mass is 673 g/mol. The molecule has 0 saturated carbocycles. The molecule has 0 aliphatic heterocycles. The molecule has 0 aliphatic rings. The minimum absolute atomic E-state index is 0.248. The average Bonchev–Trinajstić information content (AvgIpc) is 3.04. The van der Waals surface area contributed by atoms with Gasteiger partial charge in [-0.3, -0.25) is 0 Å². The smallest absolute Gasteiger partial charge is 0.376 e. The molecule has 0 fully saturated rings. The zero-order valence-corrected chi connectivity index (χ0v) is 33.3. The van der Waals surface area contributed by atoms with Gasteiger partial charge < -0.3 is 13.3 Å². The van der Waals surface area contributed by atoms with Crippen LogP contribution in [0.1, 0.15) is 233 Å². The lowest BCUT2D eigenvalue weighted by atomic mass is 10.0. The molecule has 3 nitrogen and oxygen atoms in total. The third-order valence-corrected chi connectivity index (χ3v) is 11.3. The van der Waals surface area contributed by atoms with Gasteiger partial charge in [0.15, 0.2) is 0 Å². The highest BCUT2D eigenvalue weighted by atomic mass is 32.1. The summed E-state index contributed by atoms with van der Waals surface area (Å²) in [5.74, 6) is 0.876. The summed E-state index contributed by atoms with van der Waals surface area (Å²) in [7, 11) is -2.11. The third kappa shape index (κ3) is 37.1. The molecule has 0 aromatic heterocycles. The van der Waals surface area contributed by atoms with Crippen molar-refractivity contribution >= 4 is 22.2 Å². The fourth-order valence-corrected chi connectivity index (χ4v) is 8.13. The highest BCUT2D eigenvalue weighted by Gasteiger charge is 2.21. The van der Waals surface area contributed by atoms with Gasteiger partial charge in [-0.2, -0.15) is 12.6 Å². The summed E-state index contributed by atoms with van der Waals surface area (Å²) in [5.41, 5.74) is 0. The Labute approximate surface area is 292 Å². The largest absolute Gasteiger partial charge is 0.484 e. The highest BCUT2D eigenvalue weighted by Crippen LogP contribution is 2.17.